The molecule has 230 valence electrons. The summed E-state index contributed by atoms with van der Waals surface area (Å²) in [7, 11) is 0. The highest BCUT2D eigenvalue weighted by Gasteiger charge is 2.39. The molecule has 1 saturated carbocycles. The first kappa shape index (κ1) is 31.5. The number of hydrogen-bond acceptors (Lipinski definition) is 7. The lowest BCUT2D eigenvalue weighted by Gasteiger charge is -2.34. The first-order chi connectivity index (χ1) is 20.2. The molecule has 0 radical (unpaired) electrons. The minimum atomic E-state index is -4.53. The van der Waals surface area contributed by atoms with Crippen molar-refractivity contribution < 1.29 is 31.9 Å². The second-order valence-corrected chi connectivity index (χ2v) is 11.3. The quantitative estimate of drug-likeness (QED) is 0.248. The fourth-order valence-electron chi connectivity index (χ4n) is 4.52. The number of aromatic nitrogens is 2. The highest BCUT2D eigenvalue weighted by Crippen LogP contribution is 2.40. The number of ether oxygens (including phenoxy) is 1. The van der Waals surface area contributed by atoms with Crippen molar-refractivity contribution in [1.82, 2.24) is 15.3 Å². The monoisotopic (exact) mass is 602 g/mol. The van der Waals surface area contributed by atoms with Crippen molar-refractivity contribution in [1.29, 1.82) is 0 Å². The van der Waals surface area contributed by atoms with Crippen molar-refractivity contribution in [3.05, 3.63) is 82.9 Å². The molecule has 1 heterocycles. The van der Waals surface area contributed by atoms with E-state index in [4.69, 9.17) is 10.5 Å². The number of anilines is 2. The zero-order valence-corrected chi connectivity index (χ0v) is 24.0. The number of alkyl halides is 3. The number of nitrogens with zero attached hydrogens (tertiary/aromatic N) is 3. The van der Waals surface area contributed by atoms with E-state index < -0.39 is 41.2 Å². The molecule has 1 aliphatic rings. The minimum Gasteiger partial charge on any atom is -0.444 e. The van der Waals surface area contributed by atoms with E-state index in [9.17, 15) is 22.8 Å². The summed E-state index contributed by atoms with van der Waals surface area (Å²) in [4.78, 5) is 33.6. The summed E-state index contributed by atoms with van der Waals surface area (Å²) in [5.41, 5.74) is 5.62. The van der Waals surface area contributed by atoms with Gasteiger partial charge in [0.2, 0.25) is 11.7 Å². The highest BCUT2D eigenvalue weighted by atomic mass is 19.4. The number of primary amides is 1. The highest BCUT2D eigenvalue weighted by molar-refractivity contribution is 5.76. The Morgan fingerprint density at radius 3 is 2.21 bits per heavy atom. The summed E-state index contributed by atoms with van der Waals surface area (Å²) in [5.74, 6) is -1.30. The van der Waals surface area contributed by atoms with Gasteiger partial charge in [-0.1, -0.05) is 36.4 Å². The lowest BCUT2D eigenvalue weighted by Crippen LogP contribution is -2.42. The molecule has 13 heteroatoms. The SMILES string of the molecule is CC(C)(C)OC(=O)NCC(c1ccc(C(F)(F)F)cc1)N(c1ncnc(NCc2ccc(CC(N)=O)cc2)c1F)C1CC1. The van der Waals surface area contributed by atoms with Crippen LogP contribution in [0.3, 0.4) is 0 Å². The van der Waals surface area contributed by atoms with Crippen LogP contribution in [0.1, 0.15) is 61.9 Å². The maximum atomic E-state index is 16.0. The maximum Gasteiger partial charge on any atom is 0.416 e. The third-order valence-corrected chi connectivity index (χ3v) is 6.61. The molecule has 0 bridgehead atoms. The van der Waals surface area contributed by atoms with Crippen molar-refractivity contribution in [3.63, 3.8) is 0 Å². The van der Waals surface area contributed by atoms with Gasteiger partial charge in [0, 0.05) is 19.1 Å². The summed E-state index contributed by atoms with van der Waals surface area (Å²) in [6.45, 7) is 5.25. The van der Waals surface area contributed by atoms with Crippen LogP contribution in [0, 0.1) is 5.82 Å². The van der Waals surface area contributed by atoms with Crippen molar-refractivity contribution in [3.8, 4) is 0 Å². The van der Waals surface area contributed by atoms with Gasteiger partial charge in [-0.2, -0.15) is 17.6 Å². The number of halogens is 4. The van der Waals surface area contributed by atoms with Crippen LogP contribution in [0.5, 0.6) is 0 Å². The molecular formula is C30H34F4N6O3. The molecule has 1 atom stereocenters. The first-order valence-corrected chi connectivity index (χ1v) is 13.7. The van der Waals surface area contributed by atoms with E-state index in [0.29, 0.717) is 18.4 Å². The Balaban J connectivity index is 1.61. The molecule has 0 saturated heterocycles. The van der Waals surface area contributed by atoms with Crippen molar-refractivity contribution in [2.45, 2.75) is 70.4 Å². The molecule has 0 aliphatic heterocycles. The number of benzene rings is 2. The second-order valence-electron chi connectivity index (χ2n) is 11.3. The number of nitrogens with two attached hydrogens (primary N) is 1. The fourth-order valence-corrected chi connectivity index (χ4v) is 4.52. The van der Waals surface area contributed by atoms with Crippen LogP contribution in [-0.2, 0) is 28.7 Å². The summed E-state index contributed by atoms with van der Waals surface area (Å²) in [6.07, 6.45) is -2.52. The zero-order chi connectivity index (χ0) is 31.4. The molecule has 43 heavy (non-hydrogen) atoms. The normalized spacial score (nSPS) is 14.1. The third kappa shape index (κ3) is 8.79. The molecule has 1 unspecified atom stereocenters. The van der Waals surface area contributed by atoms with E-state index in [1.807, 2.05) is 0 Å². The molecule has 3 aromatic rings. The fraction of sp³-hybridized carbons (Fsp3) is 0.400. The summed E-state index contributed by atoms with van der Waals surface area (Å²) in [6, 6.07) is 10.7. The maximum absolute atomic E-state index is 16.0. The van der Waals surface area contributed by atoms with Crippen LogP contribution in [0.25, 0.3) is 0 Å². The summed E-state index contributed by atoms with van der Waals surface area (Å²) in [5, 5.41) is 5.64. The number of alkyl carbamates (subject to hydrolysis) is 1. The smallest absolute Gasteiger partial charge is 0.416 e. The Morgan fingerprint density at radius 1 is 1.02 bits per heavy atom. The van der Waals surface area contributed by atoms with E-state index in [0.717, 1.165) is 23.3 Å². The first-order valence-electron chi connectivity index (χ1n) is 13.7. The van der Waals surface area contributed by atoms with Gasteiger partial charge in [0.1, 0.15) is 11.9 Å². The van der Waals surface area contributed by atoms with E-state index in [2.05, 4.69) is 20.6 Å². The van der Waals surface area contributed by atoms with Crippen LogP contribution in [0.4, 0.5) is 34.0 Å². The van der Waals surface area contributed by atoms with Crippen LogP contribution < -0.4 is 21.3 Å². The second kappa shape index (κ2) is 12.8. The molecule has 2 aromatic carbocycles. The van der Waals surface area contributed by atoms with E-state index in [-0.39, 0.29) is 37.2 Å². The van der Waals surface area contributed by atoms with Crippen LogP contribution in [-0.4, -0.2) is 40.2 Å². The number of nitrogens with one attached hydrogen (secondary N) is 2. The molecule has 0 spiro atoms. The Kier molecular flexibility index (Phi) is 9.41. The molecule has 9 nitrogen and oxygen atoms in total. The van der Waals surface area contributed by atoms with Crippen molar-refractivity contribution >= 4 is 23.6 Å². The van der Waals surface area contributed by atoms with Crippen molar-refractivity contribution in [2.75, 3.05) is 16.8 Å². The number of amides is 2. The Labute approximate surface area is 246 Å². The van der Waals surface area contributed by atoms with Crippen LogP contribution in [0.15, 0.2) is 54.9 Å². The molecule has 4 N–H and O–H groups in total. The largest absolute Gasteiger partial charge is 0.444 e. The molecule has 1 fully saturated rings. The number of hydrogen-bond donors (Lipinski definition) is 3. The predicted octanol–water partition coefficient (Wildman–Crippen LogP) is 5.51. The van der Waals surface area contributed by atoms with Gasteiger partial charge >= 0.3 is 12.3 Å². The minimum absolute atomic E-state index is 0.0484. The molecule has 1 aromatic heterocycles. The summed E-state index contributed by atoms with van der Waals surface area (Å²) >= 11 is 0. The van der Waals surface area contributed by atoms with E-state index >= 15 is 4.39 Å². The lowest BCUT2D eigenvalue weighted by molar-refractivity contribution is -0.137. The zero-order valence-electron chi connectivity index (χ0n) is 24.0. The van der Waals surface area contributed by atoms with E-state index in [1.165, 1.54) is 18.5 Å². The van der Waals surface area contributed by atoms with Crippen LogP contribution in [0.2, 0.25) is 0 Å². The van der Waals surface area contributed by atoms with Crippen LogP contribution >= 0.6 is 0 Å². The van der Waals surface area contributed by atoms with Crippen molar-refractivity contribution in [2.24, 2.45) is 5.73 Å². The molecule has 4 rings (SSSR count). The topological polar surface area (TPSA) is 122 Å². The van der Waals surface area contributed by atoms with Gasteiger partial charge < -0.3 is 26.0 Å². The predicted molar refractivity (Wildman–Crippen MR) is 153 cm³/mol. The van der Waals surface area contributed by atoms with Gasteiger partial charge in [-0.05, 0) is 62.4 Å². The Bertz CT molecular complexity index is 1420. The third-order valence-electron chi connectivity index (χ3n) is 6.61. The number of carbonyl (C=O) groups excluding carboxylic acids is 2. The standard InChI is InChI=1S/C30H34F4N6O3/c1-29(2,3)43-28(42)37-16-23(20-8-10-21(11-9-20)30(32,33)34)40(22-12-13-22)27-25(31)26(38-17-39-27)36-15-19-6-4-18(5-7-19)14-24(35)41/h4-11,17,22-23H,12-16H2,1-3H3,(H2,35,41)(H,37,42)(H,36,38,39). The van der Waals surface area contributed by atoms with Gasteiger partial charge in [0.05, 0.1) is 18.0 Å². The van der Waals surface area contributed by atoms with E-state index in [1.54, 1.807) is 49.9 Å². The lowest BCUT2D eigenvalue weighted by atomic mass is 10.0. The Morgan fingerprint density at radius 2 is 1.65 bits per heavy atom. The summed E-state index contributed by atoms with van der Waals surface area (Å²) < 4.78 is 61.2. The van der Waals surface area contributed by atoms with Gasteiger partial charge in [0.15, 0.2) is 11.6 Å². The van der Waals surface area contributed by atoms with Gasteiger partial charge in [-0.25, -0.2) is 14.8 Å². The molecule has 1 aliphatic carbocycles. The average molecular weight is 603 g/mol. The number of rotatable bonds is 11. The molecular weight excluding hydrogens is 568 g/mol. The Hall–Kier alpha value is -4.42. The molecule has 2 amide bonds. The number of carbonyl (C=O) groups is 2. The van der Waals surface area contributed by atoms with Gasteiger partial charge in [-0.15, -0.1) is 0 Å². The van der Waals surface area contributed by atoms with Gasteiger partial charge in [0.25, 0.3) is 0 Å². The average Bonchev–Trinajstić information content (AvgIpc) is 3.75. The van der Waals surface area contributed by atoms with Gasteiger partial charge in [-0.3, -0.25) is 4.79 Å².